The van der Waals surface area contributed by atoms with Crippen LogP contribution >= 0.6 is 0 Å². The SMILES string of the molecule is C=CCCCOc1cc([N+](=O)[O-])cc(S(N)(=O)=O)c1OC. The molecule has 1 aromatic carbocycles. The van der Waals surface area contributed by atoms with Gasteiger partial charge in [-0.15, -0.1) is 6.58 Å². The summed E-state index contributed by atoms with van der Waals surface area (Å²) in [7, 11) is -2.96. The number of non-ortho nitro benzene ring substituents is 1. The van der Waals surface area contributed by atoms with Gasteiger partial charge in [-0.05, 0) is 12.8 Å². The van der Waals surface area contributed by atoms with E-state index >= 15 is 0 Å². The van der Waals surface area contributed by atoms with Crippen molar-refractivity contribution in [1.82, 2.24) is 0 Å². The predicted octanol–water partition coefficient (Wildman–Crippen LogP) is 1.60. The minimum atomic E-state index is -4.18. The fourth-order valence-electron chi connectivity index (χ4n) is 1.60. The number of nitro groups is 1. The van der Waals surface area contributed by atoms with Crippen molar-refractivity contribution in [3.8, 4) is 11.5 Å². The molecule has 0 aliphatic rings. The standard InChI is InChI=1S/C12H16N2O6S/c1-3-4-5-6-20-10-7-9(14(15)16)8-11(12(10)19-2)21(13,17)18/h3,7-8H,1,4-6H2,2H3,(H2,13,17,18). The molecule has 0 bridgehead atoms. The number of benzene rings is 1. The summed E-state index contributed by atoms with van der Waals surface area (Å²) in [6, 6.07) is 1.94. The first-order valence-electron chi connectivity index (χ1n) is 5.94. The normalized spacial score (nSPS) is 11.0. The molecule has 0 unspecified atom stereocenters. The lowest BCUT2D eigenvalue weighted by Gasteiger charge is -2.13. The second-order valence-corrected chi connectivity index (χ2v) is 5.59. The van der Waals surface area contributed by atoms with Crippen LogP contribution in [0.5, 0.6) is 11.5 Å². The van der Waals surface area contributed by atoms with Crippen LogP contribution in [0.3, 0.4) is 0 Å². The number of nitrogens with zero attached hydrogens (tertiary/aromatic N) is 1. The molecule has 0 saturated heterocycles. The maximum absolute atomic E-state index is 11.5. The van der Waals surface area contributed by atoms with E-state index in [0.29, 0.717) is 12.8 Å². The molecule has 0 heterocycles. The molecule has 8 nitrogen and oxygen atoms in total. The number of primary sulfonamides is 1. The van der Waals surface area contributed by atoms with E-state index in [0.717, 1.165) is 12.1 Å². The van der Waals surface area contributed by atoms with Gasteiger partial charge < -0.3 is 9.47 Å². The molecule has 0 fully saturated rings. The van der Waals surface area contributed by atoms with Gasteiger partial charge in [0, 0.05) is 6.07 Å². The van der Waals surface area contributed by atoms with Gasteiger partial charge in [-0.1, -0.05) is 6.08 Å². The molecular weight excluding hydrogens is 300 g/mol. The largest absolute Gasteiger partial charge is 0.492 e. The first-order valence-corrected chi connectivity index (χ1v) is 7.48. The van der Waals surface area contributed by atoms with Crippen LogP contribution in [0, 0.1) is 10.1 Å². The molecule has 1 aromatic rings. The van der Waals surface area contributed by atoms with Crippen molar-refractivity contribution in [3.05, 3.63) is 34.9 Å². The van der Waals surface area contributed by atoms with Crippen molar-refractivity contribution in [2.45, 2.75) is 17.7 Å². The molecule has 0 saturated carbocycles. The third-order valence-corrected chi connectivity index (χ3v) is 3.45. The maximum atomic E-state index is 11.5. The van der Waals surface area contributed by atoms with E-state index in [1.807, 2.05) is 0 Å². The molecule has 2 N–H and O–H groups in total. The van der Waals surface area contributed by atoms with Crippen molar-refractivity contribution < 1.29 is 22.8 Å². The van der Waals surface area contributed by atoms with Gasteiger partial charge in [0.25, 0.3) is 5.69 Å². The van der Waals surface area contributed by atoms with E-state index in [1.54, 1.807) is 6.08 Å². The van der Waals surface area contributed by atoms with Gasteiger partial charge in [0.1, 0.15) is 4.90 Å². The highest BCUT2D eigenvalue weighted by Gasteiger charge is 2.25. The van der Waals surface area contributed by atoms with E-state index in [-0.39, 0.29) is 18.1 Å². The van der Waals surface area contributed by atoms with Gasteiger partial charge in [0.05, 0.1) is 24.7 Å². The Morgan fingerprint density at radius 1 is 1.48 bits per heavy atom. The van der Waals surface area contributed by atoms with Gasteiger partial charge >= 0.3 is 0 Å². The van der Waals surface area contributed by atoms with Crippen LogP contribution in [-0.4, -0.2) is 27.1 Å². The molecule has 21 heavy (non-hydrogen) atoms. The van der Waals surface area contributed by atoms with Gasteiger partial charge in [0.15, 0.2) is 11.5 Å². The summed E-state index contributed by atoms with van der Waals surface area (Å²) >= 11 is 0. The second kappa shape index (κ2) is 7.04. The van der Waals surface area contributed by atoms with Gasteiger partial charge in [-0.25, -0.2) is 13.6 Å². The molecule has 9 heteroatoms. The number of hydrogen-bond acceptors (Lipinski definition) is 6. The summed E-state index contributed by atoms with van der Waals surface area (Å²) in [5.41, 5.74) is -0.446. The fraction of sp³-hybridized carbons (Fsp3) is 0.333. The topological polar surface area (TPSA) is 122 Å². The molecule has 0 radical (unpaired) electrons. The Labute approximate surface area is 122 Å². The van der Waals surface area contributed by atoms with Crippen molar-refractivity contribution in [2.24, 2.45) is 5.14 Å². The molecule has 0 aliphatic carbocycles. The van der Waals surface area contributed by atoms with Crippen molar-refractivity contribution in [3.63, 3.8) is 0 Å². The van der Waals surface area contributed by atoms with Crippen LogP contribution in [0.1, 0.15) is 12.8 Å². The Morgan fingerprint density at radius 3 is 2.62 bits per heavy atom. The predicted molar refractivity (Wildman–Crippen MR) is 75.9 cm³/mol. The highest BCUT2D eigenvalue weighted by atomic mass is 32.2. The fourth-order valence-corrected chi connectivity index (χ4v) is 2.33. The van der Waals surface area contributed by atoms with Gasteiger partial charge in [-0.3, -0.25) is 10.1 Å². The van der Waals surface area contributed by atoms with E-state index in [1.165, 1.54) is 7.11 Å². The molecule has 0 amide bonds. The highest BCUT2D eigenvalue weighted by molar-refractivity contribution is 7.89. The Kier molecular flexibility index (Phi) is 5.68. The number of rotatable bonds is 8. The minimum absolute atomic E-state index is 0.0419. The number of hydrogen-bond donors (Lipinski definition) is 1. The number of ether oxygens (including phenoxy) is 2. The molecule has 0 atom stereocenters. The second-order valence-electron chi connectivity index (χ2n) is 4.06. The van der Waals surface area contributed by atoms with Crippen LogP contribution in [0.15, 0.2) is 29.7 Å². The Bertz CT molecular complexity index is 641. The van der Waals surface area contributed by atoms with Crippen LogP contribution in [0.25, 0.3) is 0 Å². The van der Waals surface area contributed by atoms with E-state index in [9.17, 15) is 18.5 Å². The number of nitrogens with two attached hydrogens (primary N) is 1. The zero-order valence-corrected chi connectivity index (χ0v) is 12.3. The summed E-state index contributed by atoms with van der Waals surface area (Å²) < 4.78 is 33.4. The maximum Gasteiger partial charge on any atom is 0.274 e. The Hall–Kier alpha value is -2.13. The summed E-state index contributed by atoms with van der Waals surface area (Å²) in [6.07, 6.45) is 3.02. The third-order valence-electron chi connectivity index (χ3n) is 2.54. The number of unbranched alkanes of at least 4 members (excludes halogenated alkanes) is 1. The van der Waals surface area contributed by atoms with E-state index < -0.39 is 25.5 Å². The average molecular weight is 316 g/mol. The number of sulfonamides is 1. The summed E-state index contributed by atoms with van der Waals surface area (Å²) in [4.78, 5) is 9.65. The van der Waals surface area contributed by atoms with Crippen molar-refractivity contribution in [2.75, 3.05) is 13.7 Å². The molecular formula is C12H16N2O6S. The van der Waals surface area contributed by atoms with E-state index in [2.05, 4.69) is 6.58 Å². The quantitative estimate of drug-likeness (QED) is 0.336. The van der Waals surface area contributed by atoms with E-state index in [4.69, 9.17) is 14.6 Å². The lowest BCUT2D eigenvalue weighted by atomic mass is 10.2. The molecule has 1 rings (SSSR count). The molecule has 116 valence electrons. The summed E-state index contributed by atoms with van der Waals surface area (Å²) in [5.74, 6) is -0.193. The highest BCUT2D eigenvalue weighted by Crippen LogP contribution is 2.37. The number of methoxy groups -OCH3 is 1. The average Bonchev–Trinajstić information content (AvgIpc) is 2.41. The van der Waals surface area contributed by atoms with Crippen molar-refractivity contribution >= 4 is 15.7 Å². The molecule has 0 aromatic heterocycles. The van der Waals surface area contributed by atoms with Crippen LogP contribution in [-0.2, 0) is 10.0 Å². The minimum Gasteiger partial charge on any atom is -0.492 e. The zero-order valence-electron chi connectivity index (χ0n) is 11.4. The Morgan fingerprint density at radius 2 is 2.14 bits per heavy atom. The number of allylic oxidation sites excluding steroid dienone is 1. The molecule has 0 spiro atoms. The third kappa shape index (κ3) is 4.43. The van der Waals surface area contributed by atoms with Gasteiger partial charge in [-0.2, -0.15) is 0 Å². The van der Waals surface area contributed by atoms with Crippen LogP contribution in [0.2, 0.25) is 0 Å². The monoisotopic (exact) mass is 316 g/mol. The summed E-state index contributed by atoms with van der Waals surface area (Å²) in [5, 5.41) is 15.9. The molecule has 0 aliphatic heterocycles. The first-order chi connectivity index (χ1) is 9.81. The van der Waals surface area contributed by atoms with Crippen LogP contribution in [0.4, 0.5) is 5.69 Å². The summed E-state index contributed by atoms with van der Waals surface area (Å²) in [6.45, 7) is 3.79. The Balaban J connectivity index is 3.29. The smallest absolute Gasteiger partial charge is 0.274 e. The zero-order chi connectivity index (χ0) is 16.0. The van der Waals surface area contributed by atoms with Crippen LogP contribution < -0.4 is 14.6 Å². The van der Waals surface area contributed by atoms with Crippen molar-refractivity contribution in [1.29, 1.82) is 0 Å². The lowest BCUT2D eigenvalue weighted by molar-refractivity contribution is -0.385. The first kappa shape index (κ1) is 16.9. The lowest BCUT2D eigenvalue weighted by Crippen LogP contribution is -2.14. The number of nitro benzene ring substituents is 1. The van der Waals surface area contributed by atoms with Gasteiger partial charge in [0.2, 0.25) is 10.0 Å².